The second-order valence-corrected chi connectivity index (χ2v) is 3.10. The lowest BCUT2D eigenvalue weighted by Gasteiger charge is -2.22. The summed E-state index contributed by atoms with van der Waals surface area (Å²) >= 11 is 0. The lowest BCUT2D eigenvalue weighted by molar-refractivity contribution is 0.0997. The predicted octanol–water partition coefficient (Wildman–Crippen LogP) is 2.12. The van der Waals surface area contributed by atoms with E-state index in [-0.39, 0.29) is 11.5 Å². The van der Waals surface area contributed by atoms with Crippen LogP contribution < -0.4 is 0 Å². The van der Waals surface area contributed by atoms with E-state index in [0.29, 0.717) is 0 Å². The normalized spacial score (nSPS) is 13.7. The molecule has 0 radical (unpaired) electrons. The second-order valence-electron chi connectivity index (χ2n) is 3.10. The zero-order valence-electron chi connectivity index (χ0n) is 7.18. The van der Waals surface area contributed by atoms with Crippen LogP contribution in [0.15, 0.2) is 17.9 Å². The van der Waals surface area contributed by atoms with Crippen LogP contribution in [0.2, 0.25) is 0 Å². The van der Waals surface area contributed by atoms with Gasteiger partial charge in [0.2, 0.25) is 0 Å². The zero-order valence-corrected chi connectivity index (χ0v) is 7.18. The highest BCUT2D eigenvalue weighted by Crippen LogP contribution is 2.20. The summed E-state index contributed by atoms with van der Waals surface area (Å²) in [6.45, 7) is 7.66. The Hall–Kier alpha value is -0.520. The monoisotopic (exact) mass is 140 g/mol. The van der Waals surface area contributed by atoms with Crippen molar-refractivity contribution in [3.05, 3.63) is 17.9 Å². The molecule has 0 bridgehead atoms. The van der Waals surface area contributed by atoms with Crippen molar-refractivity contribution in [3.8, 4) is 0 Å². The molecule has 0 saturated heterocycles. The molecule has 0 aromatic heterocycles. The minimum Gasteiger partial charge on any atom is -0.393 e. The Balaban J connectivity index is 4.26. The van der Waals surface area contributed by atoms with Gasteiger partial charge >= 0.3 is 0 Å². The Kier molecular flexibility index (Phi) is 3.41. The maximum atomic E-state index is 9.22. The molecule has 0 aromatic carbocycles. The lowest BCUT2D eigenvalue weighted by Crippen LogP contribution is -2.23. The van der Waals surface area contributed by atoms with E-state index in [1.165, 1.54) is 0 Å². The molecule has 1 heteroatoms. The molecule has 0 aliphatic heterocycles. The van der Waals surface area contributed by atoms with Gasteiger partial charge in [0.25, 0.3) is 0 Å². The van der Waals surface area contributed by atoms with Crippen LogP contribution in [-0.4, -0.2) is 11.2 Å². The standard InChI is InChI=1S/C9H16O/c1-5-6-7-9(3,4)8(2)10/h5,7-8,10H,1-4H3. The molecule has 1 nitrogen and oxygen atoms in total. The van der Waals surface area contributed by atoms with Crippen molar-refractivity contribution < 1.29 is 5.11 Å². The van der Waals surface area contributed by atoms with Crippen molar-refractivity contribution in [2.75, 3.05) is 0 Å². The Labute approximate surface area is 63.1 Å². The Morgan fingerprint density at radius 3 is 2.30 bits per heavy atom. The fraction of sp³-hybridized carbons (Fsp3) is 0.667. The molecule has 0 aromatic rings. The van der Waals surface area contributed by atoms with Crippen molar-refractivity contribution >= 4 is 0 Å². The highest BCUT2D eigenvalue weighted by molar-refractivity contribution is 4.96. The molecule has 0 aliphatic rings. The molecule has 1 unspecified atom stereocenters. The molecular weight excluding hydrogens is 124 g/mol. The van der Waals surface area contributed by atoms with Gasteiger partial charge in [0.15, 0.2) is 0 Å². The van der Waals surface area contributed by atoms with Gasteiger partial charge in [-0.1, -0.05) is 13.8 Å². The number of aliphatic hydroxyl groups excluding tert-OH is 1. The first-order chi connectivity index (χ1) is 4.50. The van der Waals surface area contributed by atoms with E-state index >= 15 is 0 Å². The minimum atomic E-state index is -0.319. The Morgan fingerprint density at radius 2 is 2.00 bits per heavy atom. The zero-order chi connectivity index (χ0) is 8.20. The van der Waals surface area contributed by atoms with Crippen LogP contribution in [0.4, 0.5) is 0 Å². The molecule has 1 N–H and O–H groups in total. The summed E-state index contributed by atoms with van der Waals surface area (Å²) in [7, 11) is 0. The average Bonchev–Trinajstić information content (AvgIpc) is 1.84. The van der Waals surface area contributed by atoms with Gasteiger partial charge in [-0.15, -0.1) is 5.73 Å². The second kappa shape index (κ2) is 3.60. The summed E-state index contributed by atoms with van der Waals surface area (Å²) in [5.74, 6) is 0. The highest BCUT2D eigenvalue weighted by Gasteiger charge is 2.19. The van der Waals surface area contributed by atoms with Crippen molar-refractivity contribution in [1.29, 1.82) is 0 Å². The van der Waals surface area contributed by atoms with Gasteiger partial charge in [0.05, 0.1) is 6.10 Å². The SMILES string of the molecule is CC=C=CC(C)(C)C(C)O. The predicted molar refractivity (Wildman–Crippen MR) is 43.8 cm³/mol. The fourth-order valence-electron chi connectivity index (χ4n) is 0.419. The van der Waals surface area contributed by atoms with E-state index in [1.54, 1.807) is 6.92 Å². The van der Waals surface area contributed by atoms with Gasteiger partial charge < -0.3 is 5.11 Å². The molecule has 0 spiro atoms. The first-order valence-corrected chi connectivity index (χ1v) is 3.57. The third-order valence-corrected chi connectivity index (χ3v) is 1.70. The molecule has 0 saturated carbocycles. The van der Waals surface area contributed by atoms with Crippen molar-refractivity contribution in [3.63, 3.8) is 0 Å². The van der Waals surface area contributed by atoms with E-state index in [0.717, 1.165) is 0 Å². The molecule has 1 atom stereocenters. The number of hydrogen-bond donors (Lipinski definition) is 1. The summed E-state index contributed by atoms with van der Waals surface area (Å²) in [4.78, 5) is 0. The van der Waals surface area contributed by atoms with Crippen LogP contribution in [0.1, 0.15) is 27.7 Å². The summed E-state index contributed by atoms with van der Waals surface area (Å²) in [5.41, 5.74) is 2.80. The Bertz CT molecular complexity index is 148. The Morgan fingerprint density at radius 1 is 1.50 bits per heavy atom. The highest BCUT2D eigenvalue weighted by atomic mass is 16.3. The van der Waals surface area contributed by atoms with Crippen molar-refractivity contribution in [1.82, 2.24) is 0 Å². The van der Waals surface area contributed by atoms with Gasteiger partial charge in [0, 0.05) is 5.41 Å². The first-order valence-electron chi connectivity index (χ1n) is 3.57. The largest absolute Gasteiger partial charge is 0.393 e. The molecule has 0 heterocycles. The van der Waals surface area contributed by atoms with Crippen LogP contribution in [0.25, 0.3) is 0 Å². The van der Waals surface area contributed by atoms with E-state index in [9.17, 15) is 5.11 Å². The molecule has 0 rings (SSSR count). The molecular formula is C9H16O. The smallest absolute Gasteiger partial charge is 0.0603 e. The third-order valence-electron chi connectivity index (χ3n) is 1.70. The quantitative estimate of drug-likeness (QED) is 0.582. The van der Waals surface area contributed by atoms with Crippen LogP contribution in [0, 0.1) is 5.41 Å². The maximum absolute atomic E-state index is 9.22. The van der Waals surface area contributed by atoms with Gasteiger partial charge in [-0.05, 0) is 26.0 Å². The fourth-order valence-corrected chi connectivity index (χ4v) is 0.419. The number of aliphatic hydroxyl groups is 1. The maximum Gasteiger partial charge on any atom is 0.0603 e. The minimum absolute atomic E-state index is 0.160. The van der Waals surface area contributed by atoms with Gasteiger partial charge in [-0.2, -0.15) is 0 Å². The molecule has 10 heavy (non-hydrogen) atoms. The first kappa shape index (κ1) is 9.48. The van der Waals surface area contributed by atoms with E-state index < -0.39 is 0 Å². The number of rotatable bonds is 2. The third kappa shape index (κ3) is 2.86. The van der Waals surface area contributed by atoms with Crippen LogP contribution in [0.3, 0.4) is 0 Å². The van der Waals surface area contributed by atoms with Gasteiger partial charge in [0.1, 0.15) is 0 Å². The lowest BCUT2D eigenvalue weighted by atomic mass is 9.88. The molecule has 0 aliphatic carbocycles. The van der Waals surface area contributed by atoms with Crippen LogP contribution in [-0.2, 0) is 0 Å². The summed E-state index contributed by atoms with van der Waals surface area (Å²) in [6, 6.07) is 0. The average molecular weight is 140 g/mol. The topological polar surface area (TPSA) is 20.2 Å². The van der Waals surface area contributed by atoms with Crippen LogP contribution in [0.5, 0.6) is 0 Å². The van der Waals surface area contributed by atoms with E-state index in [4.69, 9.17) is 0 Å². The molecule has 58 valence electrons. The van der Waals surface area contributed by atoms with E-state index in [1.807, 2.05) is 32.9 Å². The van der Waals surface area contributed by atoms with Crippen LogP contribution >= 0.6 is 0 Å². The number of hydrogen-bond acceptors (Lipinski definition) is 1. The van der Waals surface area contributed by atoms with Gasteiger partial charge in [-0.3, -0.25) is 0 Å². The van der Waals surface area contributed by atoms with Gasteiger partial charge in [-0.25, -0.2) is 0 Å². The molecule has 0 fully saturated rings. The van der Waals surface area contributed by atoms with E-state index in [2.05, 4.69) is 5.73 Å². The summed E-state index contributed by atoms with van der Waals surface area (Å²) < 4.78 is 0. The summed E-state index contributed by atoms with van der Waals surface area (Å²) in [5, 5.41) is 9.22. The molecule has 0 amide bonds. The van der Waals surface area contributed by atoms with Crippen molar-refractivity contribution in [2.24, 2.45) is 5.41 Å². The summed E-state index contributed by atoms with van der Waals surface area (Å²) in [6.07, 6.45) is 3.40. The van der Waals surface area contributed by atoms with Crippen molar-refractivity contribution in [2.45, 2.75) is 33.8 Å².